The van der Waals surface area contributed by atoms with Gasteiger partial charge in [0.1, 0.15) is 12.7 Å². The first kappa shape index (κ1) is 23.3. The van der Waals surface area contributed by atoms with Gasteiger partial charge in [0.05, 0.1) is 19.3 Å². The fourth-order valence-electron chi connectivity index (χ4n) is 2.80. The molecule has 0 bridgehead atoms. The molecule has 2 aromatic rings. The molecule has 1 heterocycles. The third-order valence-electron chi connectivity index (χ3n) is 4.35. The summed E-state index contributed by atoms with van der Waals surface area (Å²) in [6.07, 6.45) is 0.177. The third-order valence-corrected chi connectivity index (χ3v) is 4.35. The number of aliphatic imine (C=N–C) groups is 1. The second-order valence-electron chi connectivity index (χ2n) is 6.98. The number of hydrogen-bond acceptors (Lipinski definition) is 4. The quantitative estimate of drug-likeness (QED) is 0.337. The van der Waals surface area contributed by atoms with Gasteiger partial charge in [-0.1, -0.05) is 36.4 Å². The molecule has 1 atom stereocenters. The van der Waals surface area contributed by atoms with Gasteiger partial charge in [0, 0.05) is 13.6 Å². The average molecular weight is 511 g/mol. The van der Waals surface area contributed by atoms with Gasteiger partial charge in [0.25, 0.3) is 0 Å². The van der Waals surface area contributed by atoms with Gasteiger partial charge in [0.2, 0.25) is 0 Å². The van der Waals surface area contributed by atoms with Gasteiger partial charge < -0.3 is 24.8 Å². The minimum absolute atomic E-state index is 0. The van der Waals surface area contributed by atoms with Crippen LogP contribution in [0, 0.1) is 0 Å². The molecule has 29 heavy (non-hydrogen) atoms. The van der Waals surface area contributed by atoms with E-state index in [2.05, 4.69) is 39.9 Å². The van der Waals surface area contributed by atoms with Gasteiger partial charge in [0.15, 0.2) is 17.5 Å². The van der Waals surface area contributed by atoms with Gasteiger partial charge in [-0.2, -0.15) is 0 Å². The molecule has 1 aliphatic rings. The monoisotopic (exact) mass is 511 g/mol. The summed E-state index contributed by atoms with van der Waals surface area (Å²) < 4.78 is 17.3. The highest BCUT2D eigenvalue weighted by atomic mass is 127. The maximum absolute atomic E-state index is 5.96. The van der Waals surface area contributed by atoms with E-state index in [0.29, 0.717) is 26.3 Å². The smallest absolute Gasteiger partial charge is 0.191 e. The van der Waals surface area contributed by atoms with E-state index in [0.717, 1.165) is 17.5 Å². The van der Waals surface area contributed by atoms with E-state index >= 15 is 0 Å². The standard InChI is InChI=1S/C22H29N3O3.HI/c1-16(2)26-14-18-10-8-17(9-11-18)12-24-22(23-3)25-13-19-15-27-20-6-4-5-7-21(20)28-19;/h4-11,16,19H,12-15H2,1-3H3,(H2,23,24,25);1H. The molecule has 0 aliphatic carbocycles. The van der Waals surface area contributed by atoms with Crippen LogP contribution in [0.25, 0.3) is 0 Å². The topological polar surface area (TPSA) is 64.1 Å². The fraction of sp³-hybridized carbons (Fsp3) is 0.409. The lowest BCUT2D eigenvalue weighted by Gasteiger charge is -2.27. The number of para-hydroxylation sites is 2. The molecule has 0 radical (unpaired) electrons. The molecular formula is C22H30IN3O3. The van der Waals surface area contributed by atoms with Crippen molar-refractivity contribution in [2.24, 2.45) is 4.99 Å². The summed E-state index contributed by atoms with van der Waals surface area (Å²) in [5, 5.41) is 6.62. The first-order valence-corrected chi connectivity index (χ1v) is 9.66. The van der Waals surface area contributed by atoms with Crippen LogP contribution in [0.3, 0.4) is 0 Å². The van der Waals surface area contributed by atoms with E-state index in [1.807, 2.05) is 38.1 Å². The van der Waals surface area contributed by atoms with Crippen molar-refractivity contribution in [1.29, 1.82) is 0 Å². The SMILES string of the molecule is CN=C(NCc1ccc(COC(C)C)cc1)NCC1COc2ccccc2O1.I. The van der Waals surface area contributed by atoms with E-state index in [4.69, 9.17) is 14.2 Å². The normalized spacial score (nSPS) is 15.6. The summed E-state index contributed by atoms with van der Waals surface area (Å²) in [6, 6.07) is 16.1. The van der Waals surface area contributed by atoms with Crippen molar-refractivity contribution in [3.8, 4) is 11.5 Å². The predicted octanol–water partition coefficient (Wildman–Crippen LogP) is 3.73. The molecule has 2 aromatic carbocycles. The van der Waals surface area contributed by atoms with E-state index in [-0.39, 0.29) is 36.2 Å². The number of fused-ring (bicyclic) bond motifs is 1. The molecule has 158 valence electrons. The second kappa shape index (κ2) is 11.9. The highest BCUT2D eigenvalue weighted by Gasteiger charge is 2.20. The van der Waals surface area contributed by atoms with Crippen LogP contribution >= 0.6 is 24.0 Å². The summed E-state index contributed by atoms with van der Waals surface area (Å²) in [6.45, 7) is 6.54. The van der Waals surface area contributed by atoms with Crippen LogP contribution in [0.5, 0.6) is 11.5 Å². The summed E-state index contributed by atoms with van der Waals surface area (Å²) in [5.74, 6) is 2.31. The zero-order valence-electron chi connectivity index (χ0n) is 17.2. The lowest BCUT2D eigenvalue weighted by atomic mass is 10.1. The molecule has 7 heteroatoms. The zero-order chi connectivity index (χ0) is 19.8. The van der Waals surface area contributed by atoms with Crippen LogP contribution in [0.4, 0.5) is 0 Å². The van der Waals surface area contributed by atoms with Crippen molar-refractivity contribution in [3.05, 3.63) is 59.7 Å². The first-order valence-electron chi connectivity index (χ1n) is 9.66. The minimum atomic E-state index is -0.0614. The van der Waals surface area contributed by atoms with Crippen molar-refractivity contribution >= 4 is 29.9 Å². The number of halogens is 1. The Morgan fingerprint density at radius 3 is 2.45 bits per heavy atom. The molecule has 0 fully saturated rings. The Kier molecular flexibility index (Phi) is 9.53. The number of guanidine groups is 1. The number of rotatable bonds is 7. The molecule has 3 rings (SSSR count). The van der Waals surface area contributed by atoms with Crippen LogP contribution in [-0.4, -0.2) is 38.4 Å². The number of ether oxygens (including phenoxy) is 3. The van der Waals surface area contributed by atoms with Crippen molar-refractivity contribution in [1.82, 2.24) is 10.6 Å². The maximum Gasteiger partial charge on any atom is 0.191 e. The van der Waals surface area contributed by atoms with E-state index in [1.54, 1.807) is 7.05 Å². The molecule has 0 saturated carbocycles. The fourth-order valence-corrected chi connectivity index (χ4v) is 2.80. The first-order chi connectivity index (χ1) is 13.6. The van der Waals surface area contributed by atoms with Crippen LogP contribution in [0.1, 0.15) is 25.0 Å². The highest BCUT2D eigenvalue weighted by Crippen LogP contribution is 2.30. The van der Waals surface area contributed by atoms with Crippen molar-refractivity contribution < 1.29 is 14.2 Å². The Morgan fingerprint density at radius 1 is 1.07 bits per heavy atom. The van der Waals surface area contributed by atoms with Gasteiger partial charge in [-0.15, -0.1) is 24.0 Å². The molecule has 0 spiro atoms. The molecular weight excluding hydrogens is 481 g/mol. The summed E-state index contributed by atoms with van der Waals surface area (Å²) >= 11 is 0. The Hall–Kier alpha value is -2.00. The van der Waals surface area contributed by atoms with Crippen LogP contribution in [0.15, 0.2) is 53.5 Å². The lowest BCUT2D eigenvalue weighted by molar-refractivity contribution is 0.0657. The molecule has 0 amide bonds. The zero-order valence-corrected chi connectivity index (χ0v) is 19.5. The van der Waals surface area contributed by atoms with Gasteiger partial charge >= 0.3 is 0 Å². The number of benzene rings is 2. The molecule has 6 nitrogen and oxygen atoms in total. The van der Waals surface area contributed by atoms with Gasteiger partial charge in [-0.25, -0.2) is 0 Å². The van der Waals surface area contributed by atoms with Crippen LogP contribution in [-0.2, 0) is 17.9 Å². The van der Waals surface area contributed by atoms with E-state index in [1.165, 1.54) is 11.1 Å². The summed E-state index contributed by atoms with van der Waals surface area (Å²) in [4.78, 5) is 4.28. The van der Waals surface area contributed by atoms with Crippen molar-refractivity contribution in [2.45, 2.75) is 39.2 Å². The predicted molar refractivity (Wildman–Crippen MR) is 126 cm³/mol. The molecule has 1 unspecified atom stereocenters. The number of hydrogen-bond donors (Lipinski definition) is 2. The van der Waals surface area contributed by atoms with Gasteiger partial charge in [-0.3, -0.25) is 4.99 Å². The Balaban J connectivity index is 0.00000300. The van der Waals surface area contributed by atoms with Crippen LogP contribution < -0.4 is 20.1 Å². The number of nitrogens with zero attached hydrogens (tertiary/aromatic N) is 1. The van der Waals surface area contributed by atoms with Crippen molar-refractivity contribution in [2.75, 3.05) is 20.2 Å². The Bertz CT molecular complexity index is 781. The van der Waals surface area contributed by atoms with E-state index < -0.39 is 0 Å². The van der Waals surface area contributed by atoms with Crippen molar-refractivity contribution in [3.63, 3.8) is 0 Å². The minimum Gasteiger partial charge on any atom is -0.486 e. The van der Waals surface area contributed by atoms with Gasteiger partial charge in [-0.05, 0) is 37.1 Å². The molecule has 0 aromatic heterocycles. The highest BCUT2D eigenvalue weighted by molar-refractivity contribution is 14.0. The van der Waals surface area contributed by atoms with E-state index in [9.17, 15) is 0 Å². The van der Waals surface area contributed by atoms with Crippen LogP contribution in [0.2, 0.25) is 0 Å². The maximum atomic E-state index is 5.96. The third kappa shape index (κ3) is 7.40. The lowest BCUT2D eigenvalue weighted by Crippen LogP contribution is -2.45. The second-order valence-corrected chi connectivity index (χ2v) is 6.98. The summed E-state index contributed by atoms with van der Waals surface area (Å²) in [5.41, 5.74) is 2.36. The molecule has 1 aliphatic heterocycles. The molecule has 0 saturated heterocycles. The Morgan fingerprint density at radius 2 is 1.76 bits per heavy atom. The Labute approximate surface area is 190 Å². The number of nitrogens with one attached hydrogen (secondary N) is 2. The largest absolute Gasteiger partial charge is 0.486 e. The summed E-state index contributed by atoms with van der Waals surface area (Å²) in [7, 11) is 1.76. The molecule has 2 N–H and O–H groups in total. The average Bonchev–Trinajstić information content (AvgIpc) is 2.73.